The molecule has 0 N–H and O–H groups in total. The molecule has 4 heavy (non-hydrogen) atoms. The van der Waals surface area contributed by atoms with E-state index in [1.807, 2.05) is 0 Å². The van der Waals surface area contributed by atoms with E-state index < -0.39 is 0 Å². The first-order chi connectivity index (χ1) is 0. The maximum Gasteiger partial charge on any atom is 3.00 e. The molecule has 0 bridgehead atoms. The monoisotopic (exact) mass is 348 g/mol. The Bertz CT molecular complexity index is 6.00. The topological polar surface area (TPSA) is 57.0 Å². The molecule has 2 radical (unpaired) electrons. The van der Waals surface area contributed by atoms with Crippen LogP contribution >= 0.6 is 0 Å². The fourth-order valence-corrected chi connectivity index (χ4v) is 0. The van der Waals surface area contributed by atoms with Gasteiger partial charge in [-0.15, -0.1) is 0 Å². The van der Waals surface area contributed by atoms with Crippen molar-refractivity contribution >= 4 is 26.2 Å². The molecule has 0 rings (SSSR count). The summed E-state index contributed by atoms with van der Waals surface area (Å²) < 4.78 is 0. The van der Waals surface area contributed by atoms with E-state index in [-0.39, 0.29) is 59.5 Å². The van der Waals surface area contributed by atoms with E-state index in [1.54, 1.807) is 0 Å². The molecular weight excluding hydrogens is 349 g/mol. The zero-order valence-electron chi connectivity index (χ0n) is 1.57. The summed E-state index contributed by atoms with van der Waals surface area (Å²) in [5.41, 5.74) is 0. The van der Waals surface area contributed by atoms with Gasteiger partial charge in [0.25, 0.3) is 0 Å². The standard InChI is InChI=1S/Ag.Bi.2O/q+1;+3;2*-2. The summed E-state index contributed by atoms with van der Waals surface area (Å²) >= 11 is 0. The summed E-state index contributed by atoms with van der Waals surface area (Å²) in [6, 6.07) is 0. The van der Waals surface area contributed by atoms with Crippen LogP contribution in [0.4, 0.5) is 0 Å². The molecule has 0 aromatic rings. The minimum absolute atomic E-state index is 0. The Morgan fingerprint density at radius 3 is 0.750 bits per heavy atom. The first-order valence-electron chi connectivity index (χ1n) is 0. The average Bonchev–Trinajstić information content (AvgIpc) is 0. The molecule has 0 aliphatic rings. The fourth-order valence-electron chi connectivity index (χ4n) is 0. The number of hydrogen-bond donors (Lipinski definition) is 0. The number of rotatable bonds is 0. The second-order valence-corrected chi connectivity index (χ2v) is 0. The smallest absolute Gasteiger partial charge is 2.00 e. The van der Waals surface area contributed by atoms with Crippen molar-refractivity contribution in [3.05, 3.63) is 0 Å². The van der Waals surface area contributed by atoms with Gasteiger partial charge in [-0.1, -0.05) is 0 Å². The molecule has 0 fully saturated rings. The number of hydrogen-bond acceptors (Lipinski definition) is 0. The molecule has 0 aromatic heterocycles. The quantitative estimate of drug-likeness (QED) is 0.524. The van der Waals surface area contributed by atoms with Crippen LogP contribution in [0.1, 0.15) is 0 Å². The van der Waals surface area contributed by atoms with Gasteiger partial charge in [-0.3, -0.25) is 0 Å². The van der Waals surface area contributed by atoms with Crippen molar-refractivity contribution in [1.82, 2.24) is 0 Å². The predicted octanol–water partition coefficient (Wildman–Crippen LogP) is -0.621. The molecule has 0 heterocycles. The first kappa shape index (κ1) is 48.0. The molecule has 0 aromatic carbocycles. The van der Waals surface area contributed by atoms with Crippen molar-refractivity contribution in [2.24, 2.45) is 0 Å². The van der Waals surface area contributed by atoms with Crippen LogP contribution in [0, 0.1) is 0 Å². The van der Waals surface area contributed by atoms with Gasteiger partial charge in [-0.05, 0) is 0 Å². The van der Waals surface area contributed by atoms with Crippen molar-refractivity contribution < 1.29 is 33.3 Å². The Kier molecular flexibility index (Phi) is 288. The molecule has 0 aliphatic heterocycles. The molecule has 0 spiro atoms. The molecule has 28 valence electrons. The Morgan fingerprint density at radius 2 is 0.750 bits per heavy atom. The third-order valence-electron chi connectivity index (χ3n) is 0. The van der Waals surface area contributed by atoms with Crippen LogP contribution in [0.25, 0.3) is 0 Å². The van der Waals surface area contributed by atoms with Crippen LogP contribution in [0.3, 0.4) is 0 Å². The Morgan fingerprint density at radius 1 is 0.750 bits per heavy atom. The maximum absolute atomic E-state index is 0. The van der Waals surface area contributed by atoms with E-state index in [0.717, 1.165) is 0 Å². The van der Waals surface area contributed by atoms with Gasteiger partial charge in [0.1, 0.15) is 0 Å². The van der Waals surface area contributed by atoms with Crippen LogP contribution in [0.5, 0.6) is 0 Å². The zero-order valence-corrected chi connectivity index (χ0v) is 6.52. The third-order valence-corrected chi connectivity index (χ3v) is 0. The van der Waals surface area contributed by atoms with E-state index >= 15 is 0 Å². The van der Waals surface area contributed by atoms with Gasteiger partial charge in [-0.25, -0.2) is 0 Å². The van der Waals surface area contributed by atoms with Crippen LogP contribution in [0.2, 0.25) is 0 Å². The van der Waals surface area contributed by atoms with Crippen LogP contribution < -0.4 is 0 Å². The molecule has 4 heteroatoms. The SMILES string of the molecule is [Ag+].[Bi+3].[O-2].[O-2]. The normalized spacial score (nSPS) is 0. The fraction of sp³-hybridized carbons (Fsp3) is 0. The molecule has 0 atom stereocenters. The van der Waals surface area contributed by atoms with Gasteiger partial charge in [0, 0.05) is 0 Å². The van der Waals surface area contributed by atoms with Gasteiger partial charge in [0.05, 0.1) is 0 Å². The van der Waals surface area contributed by atoms with Gasteiger partial charge in [0.2, 0.25) is 0 Å². The zero-order chi connectivity index (χ0) is 0. The summed E-state index contributed by atoms with van der Waals surface area (Å²) in [6.45, 7) is 0. The molecular formula is AgBiO2. The second kappa shape index (κ2) is 23.9. The third kappa shape index (κ3) is 9.62. The van der Waals surface area contributed by atoms with Crippen LogP contribution in [-0.2, 0) is 33.3 Å². The van der Waals surface area contributed by atoms with Crippen LogP contribution in [0.15, 0.2) is 0 Å². The van der Waals surface area contributed by atoms with Gasteiger partial charge in [-0.2, -0.15) is 0 Å². The Hall–Kier alpha value is 1.54. The van der Waals surface area contributed by atoms with Gasteiger partial charge in [0.15, 0.2) is 0 Å². The second-order valence-electron chi connectivity index (χ2n) is 0. The molecule has 0 unspecified atom stereocenters. The van der Waals surface area contributed by atoms with Crippen molar-refractivity contribution in [2.45, 2.75) is 0 Å². The minimum Gasteiger partial charge on any atom is -2.00 e. The van der Waals surface area contributed by atoms with E-state index in [1.165, 1.54) is 0 Å². The van der Waals surface area contributed by atoms with Crippen LogP contribution in [-0.4, -0.2) is 26.2 Å². The average molecular weight is 349 g/mol. The van der Waals surface area contributed by atoms with E-state index in [9.17, 15) is 0 Å². The predicted molar refractivity (Wildman–Crippen MR) is 7.13 cm³/mol. The van der Waals surface area contributed by atoms with E-state index in [2.05, 4.69) is 0 Å². The van der Waals surface area contributed by atoms with E-state index in [0.29, 0.717) is 0 Å². The Balaban J connectivity index is 0. The van der Waals surface area contributed by atoms with Crippen molar-refractivity contribution in [2.75, 3.05) is 0 Å². The minimum atomic E-state index is 0. The largest absolute Gasteiger partial charge is 3.00 e. The molecule has 0 saturated heterocycles. The van der Waals surface area contributed by atoms with E-state index in [4.69, 9.17) is 0 Å². The van der Waals surface area contributed by atoms with Crippen molar-refractivity contribution in [3.63, 3.8) is 0 Å². The first-order valence-corrected chi connectivity index (χ1v) is 0. The molecule has 0 saturated carbocycles. The van der Waals surface area contributed by atoms with Crippen molar-refractivity contribution in [3.8, 4) is 0 Å². The van der Waals surface area contributed by atoms with Gasteiger partial charge >= 0.3 is 48.6 Å². The Labute approximate surface area is 59.2 Å². The molecule has 0 aliphatic carbocycles. The summed E-state index contributed by atoms with van der Waals surface area (Å²) in [4.78, 5) is 0. The summed E-state index contributed by atoms with van der Waals surface area (Å²) in [6.07, 6.45) is 0. The van der Waals surface area contributed by atoms with Gasteiger partial charge < -0.3 is 11.0 Å². The summed E-state index contributed by atoms with van der Waals surface area (Å²) in [7, 11) is 0. The molecule has 0 amide bonds. The maximum atomic E-state index is 0. The summed E-state index contributed by atoms with van der Waals surface area (Å²) in [5, 5.41) is 0. The molecule has 2 nitrogen and oxygen atoms in total. The van der Waals surface area contributed by atoms with Crippen molar-refractivity contribution in [1.29, 1.82) is 0 Å². The summed E-state index contributed by atoms with van der Waals surface area (Å²) in [5.74, 6) is 0.